The number of halogens is 1. The maximum atomic E-state index is 12.1. The van der Waals surface area contributed by atoms with Crippen LogP contribution in [0, 0.1) is 0 Å². The molecule has 3 heterocycles. The fourth-order valence-corrected chi connectivity index (χ4v) is 3.96. The Bertz CT molecular complexity index is 961. The molecule has 124 valence electrons. The fourth-order valence-electron chi connectivity index (χ4n) is 2.37. The predicted molar refractivity (Wildman–Crippen MR) is 90.0 cm³/mol. The van der Waals surface area contributed by atoms with Gasteiger partial charge in [0.1, 0.15) is 4.88 Å². The zero-order valence-corrected chi connectivity index (χ0v) is 14.8. The van der Waals surface area contributed by atoms with Crippen LogP contribution in [0.3, 0.4) is 0 Å². The van der Waals surface area contributed by atoms with Crippen LogP contribution in [0.4, 0.5) is 0 Å². The van der Waals surface area contributed by atoms with E-state index in [4.69, 9.17) is 18.6 Å². The summed E-state index contributed by atoms with van der Waals surface area (Å²) in [7, 11) is 1.55. The highest BCUT2D eigenvalue weighted by molar-refractivity contribution is 9.10. The van der Waals surface area contributed by atoms with Crippen molar-refractivity contribution >= 4 is 27.3 Å². The molecule has 0 atom stereocenters. The minimum Gasteiger partial charge on any atom is -0.494 e. The molecule has 0 amide bonds. The van der Waals surface area contributed by atoms with Crippen LogP contribution in [0.5, 0.6) is 17.2 Å². The maximum Gasteiger partial charge on any atom is 0.437 e. The van der Waals surface area contributed by atoms with E-state index in [1.807, 2.05) is 23.6 Å². The van der Waals surface area contributed by atoms with Crippen LogP contribution in [0.2, 0.25) is 0 Å². The number of hydrogen-bond donors (Lipinski definition) is 0. The van der Waals surface area contributed by atoms with E-state index >= 15 is 0 Å². The third kappa shape index (κ3) is 2.59. The number of hydrogen-bond acceptors (Lipinski definition) is 7. The maximum absolute atomic E-state index is 12.1. The summed E-state index contributed by atoms with van der Waals surface area (Å²) in [5.41, 5.74) is 0.862. The molecular weight excluding hydrogens is 400 g/mol. The second-order valence-corrected chi connectivity index (χ2v) is 6.70. The molecule has 24 heavy (non-hydrogen) atoms. The molecule has 0 aliphatic carbocycles. The fraction of sp³-hybridized carbons (Fsp3) is 0.200. The normalized spacial score (nSPS) is 12.6. The van der Waals surface area contributed by atoms with Gasteiger partial charge in [0.05, 0.1) is 18.1 Å². The molecule has 1 aliphatic heterocycles. The van der Waals surface area contributed by atoms with Gasteiger partial charge >= 0.3 is 5.76 Å². The van der Waals surface area contributed by atoms with Gasteiger partial charge in [-0.3, -0.25) is 0 Å². The summed E-state index contributed by atoms with van der Waals surface area (Å²) in [6, 6.07) is 5.49. The van der Waals surface area contributed by atoms with Gasteiger partial charge in [0.15, 0.2) is 17.2 Å². The summed E-state index contributed by atoms with van der Waals surface area (Å²) in [5.74, 6) is 1.65. The second-order valence-electron chi connectivity index (χ2n) is 4.96. The van der Waals surface area contributed by atoms with Crippen LogP contribution in [0.1, 0.15) is 5.56 Å². The molecule has 7 nitrogen and oxygen atoms in total. The highest BCUT2D eigenvalue weighted by atomic mass is 79.9. The molecule has 0 radical (unpaired) electrons. The first-order valence-electron chi connectivity index (χ1n) is 6.93. The number of ether oxygens (including phenoxy) is 3. The number of benzene rings is 1. The Kier molecular flexibility index (Phi) is 3.81. The predicted octanol–water partition coefficient (Wildman–Crippen LogP) is 3.11. The van der Waals surface area contributed by atoms with E-state index in [1.54, 1.807) is 7.11 Å². The van der Waals surface area contributed by atoms with Crippen LogP contribution >= 0.6 is 27.3 Å². The van der Waals surface area contributed by atoms with Gasteiger partial charge in [0.2, 0.25) is 6.79 Å². The van der Waals surface area contributed by atoms with Crippen molar-refractivity contribution in [3.8, 4) is 28.0 Å². The van der Waals surface area contributed by atoms with Crippen molar-refractivity contribution in [2.75, 3.05) is 13.9 Å². The SMILES string of the molecule is COc1c(Br)csc1-c1nn(Cc2ccc3c(c2)OCO3)c(=O)o1. The Morgan fingerprint density at radius 1 is 1.38 bits per heavy atom. The van der Waals surface area contributed by atoms with E-state index in [2.05, 4.69) is 21.0 Å². The largest absolute Gasteiger partial charge is 0.494 e. The lowest BCUT2D eigenvalue weighted by molar-refractivity contribution is 0.174. The van der Waals surface area contributed by atoms with Gasteiger partial charge in [0.25, 0.3) is 5.89 Å². The lowest BCUT2D eigenvalue weighted by Gasteiger charge is -2.01. The Labute approximate surface area is 148 Å². The van der Waals surface area contributed by atoms with Gasteiger partial charge in [-0.05, 0) is 33.6 Å². The molecule has 0 unspecified atom stereocenters. The highest BCUT2D eigenvalue weighted by Crippen LogP contribution is 2.41. The van der Waals surface area contributed by atoms with E-state index < -0.39 is 5.76 Å². The molecule has 2 aromatic heterocycles. The summed E-state index contributed by atoms with van der Waals surface area (Å²) < 4.78 is 23.3. The third-order valence-corrected chi connectivity index (χ3v) is 5.32. The first-order chi connectivity index (χ1) is 11.7. The molecule has 1 aromatic carbocycles. The van der Waals surface area contributed by atoms with Crippen LogP contribution in [0.15, 0.2) is 37.3 Å². The summed E-state index contributed by atoms with van der Waals surface area (Å²) in [6.07, 6.45) is 0. The molecule has 9 heteroatoms. The van der Waals surface area contributed by atoms with Gasteiger partial charge in [-0.15, -0.1) is 16.4 Å². The average molecular weight is 411 g/mol. The Hall–Kier alpha value is -2.26. The van der Waals surface area contributed by atoms with E-state index in [-0.39, 0.29) is 19.2 Å². The Morgan fingerprint density at radius 2 is 2.21 bits per heavy atom. The molecule has 1 aliphatic rings. The third-order valence-electron chi connectivity index (χ3n) is 3.48. The summed E-state index contributed by atoms with van der Waals surface area (Å²) >= 11 is 4.77. The molecule has 0 saturated heterocycles. The minimum atomic E-state index is -0.533. The first kappa shape index (κ1) is 15.3. The van der Waals surface area contributed by atoms with Crippen molar-refractivity contribution in [2.24, 2.45) is 0 Å². The number of thiophene rings is 1. The molecule has 0 fully saturated rings. The van der Waals surface area contributed by atoms with Crippen molar-refractivity contribution in [3.63, 3.8) is 0 Å². The first-order valence-corrected chi connectivity index (χ1v) is 8.61. The number of fused-ring (bicyclic) bond motifs is 1. The molecule has 3 aromatic rings. The van der Waals surface area contributed by atoms with Crippen molar-refractivity contribution in [1.29, 1.82) is 0 Å². The molecule has 0 N–H and O–H groups in total. The van der Waals surface area contributed by atoms with E-state index in [1.165, 1.54) is 16.0 Å². The number of nitrogens with zero attached hydrogens (tertiary/aromatic N) is 2. The second kappa shape index (κ2) is 5.99. The smallest absolute Gasteiger partial charge is 0.437 e. The standard InChI is InChI=1S/C15H11BrN2O5S/c1-20-12-9(16)6-24-13(12)14-17-18(15(19)23-14)5-8-2-3-10-11(4-8)22-7-21-10/h2-4,6H,5,7H2,1H3. The van der Waals surface area contributed by atoms with Crippen LogP contribution in [-0.4, -0.2) is 23.7 Å². The van der Waals surface area contributed by atoms with Crippen LogP contribution in [-0.2, 0) is 6.54 Å². The van der Waals surface area contributed by atoms with Crippen LogP contribution in [0.25, 0.3) is 10.8 Å². The van der Waals surface area contributed by atoms with E-state index in [0.29, 0.717) is 22.1 Å². The average Bonchev–Trinajstić information content (AvgIpc) is 3.26. The lowest BCUT2D eigenvalue weighted by atomic mass is 10.2. The van der Waals surface area contributed by atoms with Crippen molar-refractivity contribution < 1.29 is 18.6 Å². The molecule has 0 spiro atoms. The van der Waals surface area contributed by atoms with Crippen LogP contribution < -0.4 is 20.0 Å². The molecule has 0 saturated carbocycles. The quantitative estimate of drug-likeness (QED) is 0.657. The number of methoxy groups -OCH3 is 1. The zero-order chi connectivity index (χ0) is 16.7. The van der Waals surface area contributed by atoms with Gasteiger partial charge < -0.3 is 18.6 Å². The highest BCUT2D eigenvalue weighted by Gasteiger charge is 2.20. The minimum absolute atomic E-state index is 0.208. The summed E-state index contributed by atoms with van der Waals surface area (Å²) in [5, 5.41) is 6.12. The van der Waals surface area contributed by atoms with E-state index in [9.17, 15) is 4.79 Å². The molecule has 4 rings (SSSR count). The van der Waals surface area contributed by atoms with Crippen molar-refractivity contribution in [3.05, 3.63) is 44.2 Å². The zero-order valence-electron chi connectivity index (χ0n) is 12.4. The van der Waals surface area contributed by atoms with Crippen molar-refractivity contribution in [2.45, 2.75) is 6.54 Å². The summed E-state index contributed by atoms with van der Waals surface area (Å²) in [6.45, 7) is 0.480. The number of aromatic nitrogens is 2. The monoisotopic (exact) mass is 410 g/mol. The molecule has 0 bridgehead atoms. The lowest BCUT2D eigenvalue weighted by Crippen LogP contribution is -2.16. The van der Waals surface area contributed by atoms with E-state index in [0.717, 1.165) is 10.0 Å². The Morgan fingerprint density at radius 3 is 3.04 bits per heavy atom. The number of rotatable bonds is 4. The van der Waals surface area contributed by atoms with Gasteiger partial charge in [-0.1, -0.05) is 6.07 Å². The van der Waals surface area contributed by atoms with Crippen molar-refractivity contribution in [1.82, 2.24) is 9.78 Å². The molecular formula is C15H11BrN2O5S. The summed E-state index contributed by atoms with van der Waals surface area (Å²) in [4.78, 5) is 12.7. The van der Waals surface area contributed by atoms with Gasteiger partial charge in [0, 0.05) is 5.38 Å². The Balaban J connectivity index is 1.65. The topological polar surface area (TPSA) is 75.7 Å². The van der Waals surface area contributed by atoms with Gasteiger partial charge in [-0.2, -0.15) is 4.68 Å². The van der Waals surface area contributed by atoms with Gasteiger partial charge in [-0.25, -0.2) is 4.79 Å².